The third kappa shape index (κ3) is 4.55. The van der Waals surface area contributed by atoms with Gasteiger partial charge in [-0.3, -0.25) is 9.59 Å². The van der Waals surface area contributed by atoms with Crippen molar-refractivity contribution in [2.75, 3.05) is 25.1 Å². The lowest BCUT2D eigenvalue weighted by molar-refractivity contribution is -0.134. The molecule has 1 atom stereocenters. The first kappa shape index (κ1) is 20.2. The summed E-state index contributed by atoms with van der Waals surface area (Å²) in [5.41, 5.74) is 0.607. The van der Waals surface area contributed by atoms with Gasteiger partial charge in [0.05, 0.1) is 23.4 Å². The molecular formula is C19H25ClN2O4. The van der Waals surface area contributed by atoms with E-state index >= 15 is 0 Å². The summed E-state index contributed by atoms with van der Waals surface area (Å²) in [6.07, 6.45) is 3.97. The summed E-state index contributed by atoms with van der Waals surface area (Å²) in [5, 5.41) is 0.298. The number of carbonyl (C=O) groups is 3. The smallest absolute Gasteiger partial charge is 0.337 e. The number of rotatable bonds is 5. The summed E-state index contributed by atoms with van der Waals surface area (Å²) in [4.78, 5) is 40.0. The van der Waals surface area contributed by atoms with E-state index in [0.717, 1.165) is 25.7 Å². The van der Waals surface area contributed by atoms with E-state index in [1.54, 1.807) is 0 Å². The molecule has 2 rings (SSSR count). The Balaban J connectivity index is 2.27. The number of nitrogens with zero attached hydrogens (tertiary/aromatic N) is 2. The molecule has 0 saturated carbocycles. The molecule has 142 valence electrons. The summed E-state index contributed by atoms with van der Waals surface area (Å²) in [5.74, 6) is -0.946. The highest BCUT2D eigenvalue weighted by Gasteiger charge is 2.28. The van der Waals surface area contributed by atoms with Gasteiger partial charge in [0.2, 0.25) is 11.8 Å². The van der Waals surface area contributed by atoms with Crippen molar-refractivity contribution in [1.82, 2.24) is 4.90 Å². The number of piperidine rings is 1. The third-order valence-electron chi connectivity index (χ3n) is 4.75. The second-order valence-corrected chi connectivity index (χ2v) is 6.82. The maximum atomic E-state index is 12.8. The van der Waals surface area contributed by atoms with Crippen LogP contribution in [0.3, 0.4) is 0 Å². The van der Waals surface area contributed by atoms with Crippen LogP contribution in [-0.4, -0.2) is 48.9 Å². The zero-order valence-electron chi connectivity index (χ0n) is 15.5. The molecule has 0 N–H and O–H groups in total. The van der Waals surface area contributed by atoms with E-state index in [-0.39, 0.29) is 30.0 Å². The number of likely N-dealkylation sites (tertiary alicyclic amines) is 1. The highest BCUT2D eigenvalue weighted by Crippen LogP contribution is 2.28. The lowest BCUT2D eigenvalue weighted by atomic mass is 10.00. The van der Waals surface area contributed by atoms with Crippen LogP contribution in [0, 0.1) is 0 Å². The zero-order valence-corrected chi connectivity index (χ0v) is 16.2. The summed E-state index contributed by atoms with van der Waals surface area (Å²) in [7, 11) is 1.28. The second-order valence-electron chi connectivity index (χ2n) is 6.41. The minimum atomic E-state index is -0.528. The predicted octanol–water partition coefficient (Wildman–Crippen LogP) is 3.27. The highest BCUT2D eigenvalue weighted by atomic mass is 35.5. The number of benzene rings is 1. The number of esters is 1. The molecule has 1 fully saturated rings. The Morgan fingerprint density at radius 3 is 2.65 bits per heavy atom. The first-order valence-corrected chi connectivity index (χ1v) is 9.22. The summed E-state index contributed by atoms with van der Waals surface area (Å²) < 4.78 is 4.72. The van der Waals surface area contributed by atoms with Crippen LogP contribution in [0.25, 0.3) is 0 Å². The maximum Gasteiger partial charge on any atom is 0.337 e. The number of carbonyl (C=O) groups excluding carboxylic acids is 3. The standard InChI is InChI=1S/C19H25ClN2O4/c1-4-15-7-5-6-10-21(15)18(24)12-22(13(2)23)17-11-14(19(25)26-3)8-9-16(17)20/h8-9,11,15H,4-7,10,12H2,1-3H3. The van der Waals surface area contributed by atoms with Gasteiger partial charge in [-0.25, -0.2) is 4.79 Å². The molecule has 1 aliphatic rings. The Morgan fingerprint density at radius 1 is 1.31 bits per heavy atom. The minimum Gasteiger partial charge on any atom is -0.465 e. The first-order valence-electron chi connectivity index (χ1n) is 8.84. The molecule has 2 amide bonds. The lowest BCUT2D eigenvalue weighted by Gasteiger charge is -2.36. The molecule has 1 aromatic carbocycles. The molecule has 1 heterocycles. The van der Waals surface area contributed by atoms with Gasteiger partial charge in [0, 0.05) is 19.5 Å². The van der Waals surface area contributed by atoms with Crippen LogP contribution < -0.4 is 4.90 Å². The largest absolute Gasteiger partial charge is 0.465 e. The quantitative estimate of drug-likeness (QED) is 0.735. The van der Waals surface area contributed by atoms with E-state index in [0.29, 0.717) is 17.3 Å². The monoisotopic (exact) mass is 380 g/mol. The van der Waals surface area contributed by atoms with Gasteiger partial charge < -0.3 is 14.5 Å². The molecule has 1 unspecified atom stereocenters. The van der Waals surface area contributed by atoms with Crippen molar-refractivity contribution < 1.29 is 19.1 Å². The Kier molecular flexibility index (Phi) is 7.03. The zero-order chi connectivity index (χ0) is 19.3. The van der Waals surface area contributed by atoms with Crippen molar-refractivity contribution in [3.05, 3.63) is 28.8 Å². The van der Waals surface area contributed by atoms with Crippen molar-refractivity contribution in [2.45, 2.75) is 45.6 Å². The average molecular weight is 381 g/mol. The highest BCUT2D eigenvalue weighted by molar-refractivity contribution is 6.34. The van der Waals surface area contributed by atoms with E-state index in [1.165, 1.54) is 37.1 Å². The van der Waals surface area contributed by atoms with Gasteiger partial charge in [-0.15, -0.1) is 0 Å². The second kappa shape index (κ2) is 9.03. The molecular weight excluding hydrogens is 356 g/mol. The van der Waals surface area contributed by atoms with Crippen molar-refractivity contribution in [3.63, 3.8) is 0 Å². The molecule has 0 bridgehead atoms. The van der Waals surface area contributed by atoms with Gasteiger partial charge >= 0.3 is 5.97 Å². The Bertz CT molecular complexity index is 692. The normalized spacial score (nSPS) is 16.9. The summed E-state index contributed by atoms with van der Waals surface area (Å²) in [6, 6.07) is 4.74. The van der Waals surface area contributed by atoms with Gasteiger partial charge in [-0.05, 0) is 43.9 Å². The van der Waals surface area contributed by atoms with Gasteiger partial charge in [0.15, 0.2) is 0 Å². The van der Waals surface area contributed by atoms with Gasteiger partial charge in [-0.2, -0.15) is 0 Å². The Hall–Kier alpha value is -2.08. The van der Waals surface area contributed by atoms with E-state index in [2.05, 4.69) is 6.92 Å². The molecule has 26 heavy (non-hydrogen) atoms. The van der Waals surface area contributed by atoms with Crippen LogP contribution in [-0.2, 0) is 14.3 Å². The Labute approximate surface area is 159 Å². The van der Waals surface area contributed by atoms with Crippen LogP contribution in [0.15, 0.2) is 18.2 Å². The van der Waals surface area contributed by atoms with Crippen LogP contribution in [0.2, 0.25) is 5.02 Å². The number of halogens is 1. The molecule has 6 nitrogen and oxygen atoms in total. The van der Waals surface area contributed by atoms with E-state index in [4.69, 9.17) is 16.3 Å². The van der Waals surface area contributed by atoms with Gasteiger partial charge in [0.1, 0.15) is 6.54 Å². The molecule has 1 saturated heterocycles. The van der Waals surface area contributed by atoms with Crippen LogP contribution in [0.4, 0.5) is 5.69 Å². The minimum absolute atomic E-state index is 0.101. The number of hydrogen-bond acceptors (Lipinski definition) is 4. The molecule has 0 spiro atoms. The van der Waals surface area contributed by atoms with Crippen molar-refractivity contribution in [2.24, 2.45) is 0 Å². The number of hydrogen-bond donors (Lipinski definition) is 0. The fourth-order valence-corrected chi connectivity index (χ4v) is 3.53. The lowest BCUT2D eigenvalue weighted by Crippen LogP contribution is -2.48. The maximum absolute atomic E-state index is 12.8. The molecule has 0 aliphatic carbocycles. The molecule has 0 aromatic heterocycles. The number of methoxy groups -OCH3 is 1. The van der Waals surface area contributed by atoms with E-state index in [1.807, 2.05) is 4.90 Å². The molecule has 1 aromatic rings. The van der Waals surface area contributed by atoms with Gasteiger partial charge in [0.25, 0.3) is 0 Å². The van der Waals surface area contributed by atoms with Crippen LogP contribution >= 0.6 is 11.6 Å². The third-order valence-corrected chi connectivity index (χ3v) is 5.07. The SMILES string of the molecule is CCC1CCCCN1C(=O)CN(C(C)=O)c1cc(C(=O)OC)ccc1Cl. The van der Waals surface area contributed by atoms with Crippen LogP contribution in [0.5, 0.6) is 0 Å². The number of anilines is 1. The number of amides is 2. The predicted molar refractivity (Wildman–Crippen MR) is 100 cm³/mol. The first-order chi connectivity index (χ1) is 12.4. The fraction of sp³-hybridized carbons (Fsp3) is 0.526. The summed E-state index contributed by atoms with van der Waals surface area (Å²) in [6.45, 7) is 4.05. The Morgan fingerprint density at radius 2 is 2.04 bits per heavy atom. The molecule has 1 aliphatic heterocycles. The van der Waals surface area contributed by atoms with Crippen LogP contribution in [0.1, 0.15) is 49.9 Å². The fourth-order valence-electron chi connectivity index (χ4n) is 3.31. The van der Waals surface area contributed by atoms with Crippen molar-refractivity contribution >= 4 is 35.1 Å². The summed E-state index contributed by atoms with van der Waals surface area (Å²) >= 11 is 6.24. The number of ether oxygens (including phenoxy) is 1. The van der Waals surface area contributed by atoms with Gasteiger partial charge in [-0.1, -0.05) is 18.5 Å². The molecule has 7 heteroatoms. The van der Waals surface area contributed by atoms with E-state index < -0.39 is 5.97 Å². The van der Waals surface area contributed by atoms with Crippen molar-refractivity contribution in [3.8, 4) is 0 Å². The average Bonchev–Trinajstić information content (AvgIpc) is 2.65. The van der Waals surface area contributed by atoms with Crippen molar-refractivity contribution in [1.29, 1.82) is 0 Å². The molecule has 0 radical (unpaired) electrons. The van der Waals surface area contributed by atoms with E-state index in [9.17, 15) is 14.4 Å². The topological polar surface area (TPSA) is 66.9 Å².